The molecule has 1 rings (SSSR count). The quantitative estimate of drug-likeness (QED) is 0.806. The van der Waals surface area contributed by atoms with Crippen LogP contribution in [-0.4, -0.2) is 32.8 Å². The standard InChI is InChI=1S/C15H24N2O3/c1-10(2)14(9-19-4)17-12-6-7-13(16-11(3)18)15(8-12)20-5/h6-8,10,14,17H,9H2,1-5H3,(H,16,18). The average Bonchev–Trinajstić information content (AvgIpc) is 2.39. The van der Waals surface area contributed by atoms with Crippen molar-refractivity contribution in [3.8, 4) is 5.75 Å². The van der Waals surface area contributed by atoms with Gasteiger partial charge in [-0.15, -0.1) is 0 Å². The lowest BCUT2D eigenvalue weighted by Crippen LogP contribution is -2.30. The smallest absolute Gasteiger partial charge is 0.221 e. The molecular weight excluding hydrogens is 256 g/mol. The van der Waals surface area contributed by atoms with Gasteiger partial charge in [-0.2, -0.15) is 0 Å². The summed E-state index contributed by atoms with van der Waals surface area (Å²) in [7, 11) is 3.27. The number of hydrogen-bond acceptors (Lipinski definition) is 4. The molecule has 0 saturated carbocycles. The summed E-state index contributed by atoms with van der Waals surface area (Å²) < 4.78 is 10.5. The monoisotopic (exact) mass is 280 g/mol. The maximum Gasteiger partial charge on any atom is 0.221 e. The van der Waals surface area contributed by atoms with Crippen molar-refractivity contribution >= 4 is 17.3 Å². The highest BCUT2D eigenvalue weighted by Crippen LogP contribution is 2.28. The van der Waals surface area contributed by atoms with E-state index in [-0.39, 0.29) is 11.9 Å². The van der Waals surface area contributed by atoms with Gasteiger partial charge in [0.05, 0.1) is 25.4 Å². The molecule has 0 heterocycles. The van der Waals surface area contributed by atoms with Crippen LogP contribution >= 0.6 is 0 Å². The zero-order valence-corrected chi connectivity index (χ0v) is 12.8. The second-order valence-corrected chi connectivity index (χ2v) is 5.05. The molecular formula is C15H24N2O3. The first-order valence-electron chi connectivity index (χ1n) is 6.69. The van der Waals surface area contributed by atoms with Gasteiger partial charge in [-0.05, 0) is 18.1 Å². The van der Waals surface area contributed by atoms with Crippen LogP contribution in [0.5, 0.6) is 5.75 Å². The van der Waals surface area contributed by atoms with Crippen LogP contribution in [0, 0.1) is 5.92 Å². The van der Waals surface area contributed by atoms with Crippen molar-refractivity contribution in [2.24, 2.45) is 5.92 Å². The fourth-order valence-corrected chi connectivity index (χ4v) is 1.87. The summed E-state index contributed by atoms with van der Waals surface area (Å²) in [5.74, 6) is 0.949. The van der Waals surface area contributed by atoms with Crippen LogP contribution < -0.4 is 15.4 Å². The van der Waals surface area contributed by atoms with Crippen LogP contribution in [0.2, 0.25) is 0 Å². The van der Waals surface area contributed by atoms with Gasteiger partial charge in [0.1, 0.15) is 5.75 Å². The fourth-order valence-electron chi connectivity index (χ4n) is 1.87. The predicted octanol–water partition coefficient (Wildman–Crippen LogP) is 2.74. The number of rotatable bonds is 7. The highest BCUT2D eigenvalue weighted by molar-refractivity contribution is 5.90. The molecule has 0 bridgehead atoms. The number of ether oxygens (including phenoxy) is 2. The van der Waals surface area contributed by atoms with Crippen molar-refractivity contribution in [3.05, 3.63) is 18.2 Å². The first-order chi connectivity index (χ1) is 9.47. The van der Waals surface area contributed by atoms with E-state index in [9.17, 15) is 4.79 Å². The predicted molar refractivity (Wildman–Crippen MR) is 81.4 cm³/mol. The van der Waals surface area contributed by atoms with Gasteiger partial charge in [-0.1, -0.05) is 13.8 Å². The van der Waals surface area contributed by atoms with E-state index in [4.69, 9.17) is 9.47 Å². The molecule has 5 heteroatoms. The molecule has 0 saturated heterocycles. The van der Waals surface area contributed by atoms with E-state index in [1.54, 1.807) is 14.2 Å². The Kier molecular flexibility index (Phi) is 6.31. The Labute approximate surface area is 120 Å². The van der Waals surface area contributed by atoms with Gasteiger partial charge < -0.3 is 20.1 Å². The molecule has 112 valence electrons. The molecule has 20 heavy (non-hydrogen) atoms. The van der Waals surface area contributed by atoms with Gasteiger partial charge >= 0.3 is 0 Å². The number of anilines is 2. The lowest BCUT2D eigenvalue weighted by atomic mass is 10.0. The van der Waals surface area contributed by atoms with Crippen molar-refractivity contribution in [2.45, 2.75) is 26.8 Å². The topological polar surface area (TPSA) is 59.6 Å². The Balaban J connectivity index is 2.88. The second-order valence-electron chi connectivity index (χ2n) is 5.05. The van der Waals surface area contributed by atoms with Crippen molar-refractivity contribution < 1.29 is 14.3 Å². The minimum absolute atomic E-state index is 0.122. The van der Waals surface area contributed by atoms with Crippen molar-refractivity contribution in [3.63, 3.8) is 0 Å². The number of hydrogen-bond donors (Lipinski definition) is 2. The first-order valence-corrected chi connectivity index (χ1v) is 6.69. The Morgan fingerprint density at radius 1 is 1.30 bits per heavy atom. The van der Waals surface area contributed by atoms with Gasteiger partial charge in [-0.25, -0.2) is 0 Å². The third-order valence-electron chi connectivity index (χ3n) is 3.02. The zero-order valence-electron chi connectivity index (χ0n) is 12.8. The van der Waals surface area contributed by atoms with E-state index in [0.29, 0.717) is 24.0 Å². The SMILES string of the molecule is COCC(Nc1ccc(NC(C)=O)c(OC)c1)C(C)C. The normalized spacial score (nSPS) is 12.1. The van der Waals surface area contributed by atoms with Crippen LogP contribution in [0.25, 0.3) is 0 Å². The zero-order chi connectivity index (χ0) is 15.1. The van der Waals surface area contributed by atoms with Crippen molar-refractivity contribution in [1.82, 2.24) is 0 Å². The molecule has 0 radical (unpaired) electrons. The first kappa shape index (κ1) is 16.3. The van der Waals surface area contributed by atoms with E-state index in [1.165, 1.54) is 6.92 Å². The summed E-state index contributed by atoms with van der Waals surface area (Å²) in [6.45, 7) is 6.38. The molecule has 1 amide bonds. The van der Waals surface area contributed by atoms with Gasteiger partial charge in [0.15, 0.2) is 0 Å². The van der Waals surface area contributed by atoms with E-state index in [2.05, 4.69) is 24.5 Å². The van der Waals surface area contributed by atoms with Crippen LogP contribution in [0.3, 0.4) is 0 Å². The van der Waals surface area contributed by atoms with Crippen molar-refractivity contribution in [2.75, 3.05) is 31.5 Å². The molecule has 1 atom stereocenters. The Morgan fingerprint density at radius 3 is 2.50 bits per heavy atom. The number of carbonyl (C=O) groups excluding carboxylic acids is 1. The average molecular weight is 280 g/mol. The summed E-state index contributed by atoms with van der Waals surface area (Å²) in [5, 5.41) is 6.15. The molecule has 0 aliphatic carbocycles. The fraction of sp³-hybridized carbons (Fsp3) is 0.533. The van der Waals surface area contributed by atoms with E-state index >= 15 is 0 Å². The highest BCUT2D eigenvalue weighted by Gasteiger charge is 2.14. The summed E-state index contributed by atoms with van der Waals surface area (Å²) in [6.07, 6.45) is 0. The largest absolute Gasteiger partial charge is 0.494 e. The Morgan fingerprint density at radius 2 is 2.00 bits per heavy atom. The van der Waals surface area contributed by atoms with Crippen LogP contribution in [0.1, 0.15) is 20.8 Å². The number of carbonyl (C=O) groups is 1. The van der Waals surface area contributed by atoms with Gasteiger partial charge in [0, 0.05) is 25.8 Å². The minimum atomic E-state index is -0.122. The molecule has 1 aromatic carbocycles. The maximum atomic E-state index is 11.1. The number of benzene rings is 1. The molecule has 1 aromatic rings. The number of amides is 1. The molecule has 1 unspecified atom stereocenters. The van der Waals surface area contributed by atoms with Gasteiger partial charge in [0.25, 0.3) is 0 Å². The van der Waals surface area contributed by atoms with E-state index in [0.717, 1.165) is 5.69 Å². The van der Waals surface area contributed by atoms with Crippen molar-refractivity contribution in [1.29, 1.82) is 0 Å². The van der Waals surface area contributed by atoms with Gasteiger partial charge in [0.2, 0.25) is 5.91 Å². The van der Waals surface area contributed by atoms with Crippen LogP contribution in [0.15, 0.2) is 18.2 Å². The molecule has 0 aliphatic rings. The number of methoxy groups -OCH3 is 2. The van der Waals surface area contributed by atoms with Gasteiger partial charge in [-0.3, -0.25) is 4.79 Å². The number of nitrogens with one attached hydrogen (secondary N) is 2. The molecule has 0 spiro atoms. The van der Waals surface area contributed by atoms with E-state index < -0.39 is 0 Å². The maximum absolute atomic E-state index is 11.1. The minimum Gasteiger partial charge on any atom is -0.494 e. The summed E-state index contributed by atoms with van der Waals surface area (Å²) in [5.41, 5.74) is 1.60. The van der Waals surface area contributed by atoms with Crippen LogP contribution in [-0.2, 0) is 9.53 Å². The summed E-state index contributed by atoms with van der Waals surface area (Å²) >= 11 is 0. The molecule has 5 nitrogen and oxygen atoms in total. The Bertz CT molecular complexity index is 447. The Hall–Kier alpha value is -1.75. The lowest BCUT2D eigenvalue weighted by Gasteiger charge is -2.23. The molecule has 0 aliphatic heterocycles. The molecule has 0 aromatic heterocycles. The third kappa shape index (κ3) is 4.74. The molecule has 0 fully saturated rings. The second kappa shape index (κ2) is 7.75. The summed E-state index contributed by atoms with van der Waals surface area (Å²) in [6, 6.07) is 5.83. The third-order valence-corrected chi connectivity index (χ3v) is 3.02. The van der Waals surface area contributed by atoms with Crippen LogP contribution in [0.4, 0.5) is 11.4 Å². The lowest BCUT2D eigenvalue weighted by molar-refractivity contribution is -0.114. The summed E-state index contributed by atoms with van der Waals surface area (Å²) in [4.78, 5) is 11.1. The van der Waals surface area contributed by atoms with E-state index in [1.807, 2.05) is 18.2 Å². The highest BCUT2D eigenvalue weighted by atomic mass is 16.5. The molecule has 2 N–H and O–H groups in total.